The fourth-order valence-electron chi connectivity index (χ4n) is 1.09. The van der Waals surface area contributed by atoms with Crippen LogP contribution in [0.5, 0.6) is 0 Å². The molecule has 0 radical (unpaired) electrons. The van der Waals surface area contributed by atoms with E-state index in [0.717, 1.165) is 4.90 Å². The molecule has 3 nitrogen and oxygen atoms in total. The zero-order valence-electron chi connectivity index (χ0n) is 9.14. The van der Waals surface area contributed by atoms with E-state index in [0.29, 0.717) is 12.4 Å². The minimum absolute atomic E-state index is 0.129. The number of hydrogen-bond acceptors (Lipinski definition) is 4. The van der Waals surface area contributed by atoms with Crippen molar-refractivity contribution in [3.05, 3.63) is 30.3 Å². The van der Waals surface area contributed by atoms with Gasteiger partial charge in [0.05, 0.1) is 0 Å². The first kappa shape index (κ1) is 12.8. The van der Waals surface area contributed by atoms with Gasteiger partial charge in [0.15, 0.2) is 0 Å². The Balaban J connectivity index is 2.13. The summed E-state index contributed by atoms with van der Waals surface area (Å²) in [6.07, 6.45) is -0.129. The van der Waals surface area contributed by atoms with Crippen LogP contribution in [0.4, 0.5) is 0 Å². The van der Waals surface area contributed by atoms with Gasteiger partial charge in [0.1, 0.15) is 18.8 Å². The van der Waals surface area contributed by atoms with Crippen molar-refractivity contribution in [2.24, 2.45) is 0 Å². The summed E-state index contributed by atoms with van der Waals surface area (Å²) in [6, 6.07) is 9.88. The van der Waals surface area contributed by atoms with E-state index >= 15 is 0 Å². The number of rotatable bonds is 6. The minimum atomic E-state index is -0.443. The van der Waals surface area contributed by atoms with Crippen molar-refractivity contribution in [3.8, 4) is 0 Å². The van der Waals surface area contributed by atoms with Crippen LogP contribution in [0.15, 0.2) is 35.2 Å². The average molecular weight is 238 g/mol. The lowest BCUT2D eigenvalue weighted by molar-refractivity contribution is -0.145. The Morgan fingerprint density at radius 1 is 1.25 bits per heavy atom. The first-order chi connectivity index (χ1) is 7.68. The number of thioether (sulfide) groups is 1. The van der Waals surface area contributed by atoms with E-state index in [4.69, 9.17) is 4.74 Å². The standard InChI is InChI=1S/C12H14O3S/c1-10(13)9-12(14)15-7-8-16-11-5-3-2-4-6-11/h2-6H,7-9H2,1H3. The van der Waals surface area contributed by atoms with Crippen LogP contribution in [0.25, 0.3) is 0 Å². The van der Waals surface area contributed by atoms with E-state index in [1.165, 1.54) is 6.92 Å². The predicted molar refractivity (Wildman–Crippen MR) is 63.4 cm³/mol. The van der Waals surface area contributed by atoms with Crippen molar-refractivity contribution in [3.63, 3.8) is 0 Å². The molecule has 0 N–H and O–H groups in total. The van der Waals surface area contributed by atoms with Gasteiger partial charge in [0.2, 0.25) is 0 Å². The van der Waals surface area contributed by atoms with E-state index in [1.54, 1.807) is 11.8 Å². The number of benzene rings is 1. The van der Waals surface area contributed by atoms with Crippen LogP contribution in [-0.2, 0) is 14.3 Å². The molecule has 0 aliphatic heterocycles. The maximum Gasteiger partial charge on any atom is 0.313 e. The van der Waals surface area contributed by atoms with Gasteiger partial charge in [-0.2, -0.15) is 0 Å². The van der Waals surface area contributed by atoms with Crippen molar-refractivity contribution < 1.29 is 14.3 Å². The zero-order valence-corrected chi connectivity index (χ0v) is 9.96. The van der Waals surface area contributed by atoms with Gasteiger partial charge in [0, 0.05) is 10.6 Å². The molecule has 0 saturated carbocycles. The highest BCUT2D eigenvalue weighted by molar-refractivity contribution is 7.99. The molecule has 0 heterocycles. The van der Waals surface area contributed by atoms with Crippen LogP contribution in [0, 0.1) is 0 Å². The lowest BCUT2D eigenvalue weighted by Gasteiger charge is -2.03. The predicted octanol–water partition coefficient (Wildman–Crippen LogP) is 2.30. The Morgan fingerprint density at radius 2 is 1.94 bits per heavy atom. The third-order valence-electron chi connectivity index (χ3n) is 1.75. The Morgan fingerprint density at radius 3 is 2.56 bits per heavy atom. The third kappa shape index (κ3) is 5.56. The molecular formula is C12H14O3S. The molecule has 0 amide bonds. The molecule has 1 aromatic rings. The van der Waals surface area contributed by atoms with Crippen LogP contribution >= 0.6 is 11.8 Å². The van der Waals surface area contributed by atoms with Crippen LogP contribution in [0.2, 0.25) is 0 Å². The molecule has 16 heavy (non-hydrogen) atoms. The molecule has 0 aromatic heterocycles. The Labute approximate surface area is 99.2 Å². The number of carbonyl (C=O) groups excluding carboxylic acids is 2. The van der Waals surface area contributed by atoms with Crippen LogP contribution in [-0.4, -0.2) is 24.1 Å². The SMILES string of the molecule is CC(=O)CC(=O)OCCSc1ccccc1. The fraction of sp³-hybridized carbons (Fsp3) is 0.333. The average Bonchev–Trinajstić information content (AvgIpc) is 2.25. The van der Waals surface area contributed by atoms with Crippen molar-refractivity contribution in [1.82, 2.24) is 0 Å². The zero-order chi connectivity index (χ0) is 11.8. The third-order valence-corrected chi connectivity index (χ3v) is 2.73. The topological polar surface area (TPSA) is 43.4 Å². The molecule has 0 spiro atoms. The second-order valence-electron chi connectivity index (χ2n) is 3.26. The molecule has 86 valence electrons. The van der Waals surface area contributed by atoms with Gasteiger partial charge in [-0.1, -0.05) is 18.2 Å². The largest absolute Gasteiger partial charge is 0.464 e. The highest BCUT2D eigenvalue weighted by Gasteiger charge is 2.05. The van der Waals surface area contributed by atoms with Gasteiger partial charge in [-0.05, 0) is 19.1 Å². The van der Waals surface area contributed by atoms with Gasteiger partial charge < -0.3 is 4.74 Å². The molecule has 4 heteroatoms. The molecule has 0 fully saturated rings. The first-order valence-corrected chi connectivity index (χ1v) is 6.00. The number of hydrogen-bond donors (Lipinski definition) is 0. The summed E-state index contributed by atoms with van der Waals surface area (Å²) < 4.78 is 4.89. The number of Topliss-reactive ketones (excluding diaryl/α,β-unsaturated/α-hetero) is 1. The van der Waals surface area contributed by atoms with E-state index < -0.39 is 5.97 Å². The second-order valence-corrected chi connectivity index (χ2v) is 4.43. The Bertz CT molecular complexity index is 349. The van der Waals surface area contributed by atoms with Gasteiger partial charge in [0.25, 0.3) is 0 Å². The first-order valence-electron chi connectivity index (χ1n) is 5.01. The van der Waals surface area contributed by atoms with Gasteiger partial charge in [-0.25, -0.2) is 0 Å². The number of ketones is 1. The highest BCUT2D eigenvalue weighted by Crippen LogP contribution is 2.16. The molecule has 0 atom stereocenters. The molecule has 1 rings (SSSR count). The summed E-state index contributed by atoms with van der Waals surface area (Å²) >= 11 is 1.62. The van der Waals surface area contributed by atoms with E-state index in [-0.39, 0.29) is 12.2 Å². The Kier molecular flexibility index (Phi) is 5.64. The summed E-state index contributed by atoms with van der Waals surface area (Å²) in [6.45, 7) is 1.71. The van der Waals surface area contributed by atoms with Crippen LogP contribution in [0.3, 0.4) is 0 Å². The minimum Gasteiger partial charge on any atom is -0.464 e. The summed E-state index contributed by atoms with van der Waals surface area (Å²) in [5, 5.41) is 0. The lowest BCUT2D eigenvalue weighted by atomic mass is 10.3. The van der Waals surface area contributed by atoms with Gasteiger partial charge >= 0.3 is 5.97 Å². The Hall–Kier alpha value is -1.29. The van der Waals surface area contributed by atoms with Crippen molar-refractivity contribution in [2.45, 2.75) is 18.2 Å². The van der Waals surface area contributed by atoms with E-state index in [1.807, 2.05) is 30.3 Å². The molecule has 0 unspecified atom stereocenters. The number of carbonyl (C=O) groups is 2. The summed E-state index contributed by atoms with van der Waals surface area (Å²) in [5.74, 6) is 0.0927. The lowest BCUT2D eigenvalue weighted by Crippen LogP contribution is -2.10. The maximum atomic E-state index is 11.0. The molecule has 0 bridgehead atoms. The molecule has 0 aliphatic carbocycles. The summed E-state index contributed by atoms with van der Waals surface area (Å²) in [7, 11) is 0. The molecule has 1 aromatic carbocycles. The van der Waals surface area contributed by atoms with E-state index in [2.05, 4.69) is 0 Å². The van der Waals surface area contributed by atoms with Crippen molar-refractivity contribution in [2.75, 3.05) is 12.4 Å². The number of esters is 1. The second kappa shape index (κ2) is 7.06. The molecular weight excluding hydrogens is 224 g/mol. The van der Waals surface area contributed by atoms with Crippen molar-refractivity contribution in [1.29, 1.82) is 0 Å². The number of ether oxygens (including phenoxy) is 1. The normalized spacial score (nSPS) is 9.81. The van der Waals surface area contributed by atoms with Crippen LogP contribution in [0.1, 0.15) is 13.3 Å². The van der Waals surface area contributed by atoms with Gasteiger partial charge in [-0.3, -0.25) is 9.59 Å². The van der Waals surface area contributed by atoms with E-state index in [9.17, 15) is 9.59 Å². The maximum absolute atomic E-state index is 11.0. The van der Waals surface area contributed by atoms with Gasteiger partial charge in [-0.15, -0.1) is 11.8 Å². The smallest absolute Gasteiger partial charge is 0.313 e. The molecule has 0 aliphatic rings. The fourth-order valence-corrected chi connectivity index (χ4v) is 1.84. The highest BCUT2D eigenvalue weighted by atomic mass is 32.2. The molecule has 0 saturated heterocycles. The summed E-state index contributed by atoms with van der Waals surface area (Å²) in [5.41, 5.74) is 0. The van der Waals surface area contributed by atoms with Crippen molar-refractivity contribution >= 4 is 23.5 Å². The monoisotopic (exact) mass is 238 g/mol. The van der Waals surface area contributed by atoms with Crippen LogP contribution < -0.4 is 0 Å². The quantitative estimate of drug-likeness (QED) is 0.330. The summed E-state index contributed by atoms with van der Waals surface area (Å²) in [4.78, 5) is 22.8.